The zero-order valence-electron chi connectivity index (χ0n) is 16.4. The maximum Gasteiger partial charge on any atom is 0.250 e. The van der Waals surface area contributed by atoms with Gasteiger partial charge in [0.1, 0.15) is 6.10 Å². The standard InChI is InChI=1S/C23H32N2O2/c1-15-3-2-4-16(7-15)13-25-5-6-27-21(14-25)23(26)24-22-19-9-17-8-18(11-19)12-20(22)10-17/h2-4,7,17-22H,5-6,8-14H2,1H3,(H,24,26). The van der Waals surface area contributed by atoms with E-state index in [1.807, 2.05) is 0 Å². The van der Waals surface area contributed by atoms with Crippen LogP contribution in [0.4, 0.5) is 0 Å². The Hall–Kier alpha value is -1.39. The van der Waals surface area contributed by atoms with E-state index in [0.29, 0.717) is 19.2 Å². The van der Waals surface area contributed by atoms with Gasteiger partial charge in [-0.1, -0.05) is 29.8 Å². The maximum absolute atomic E-state index is 13.0. The molecule has 4 aliphatic carbocycles. The Labute approximate surface area is 162 Å². The van der Waals surface area contributed by atoms with Crippen molar-refractivity contribution in [3.63, 3.8) is 0 Å². The van der Waals surface area contributed by atoms with Crippen LogP contribution in [0.5, 0.6) is 0 Å². The van der Waals surface area contributed by atoms with Crippen molar-refractivity contribution in [2.24, 2.45) is 23.7 Å². The van der Waals surface area contributed by atoms with Crippen molar-refractivity contribution in [3.05, 3.63) is 35.4 Å². The number of aryl methyl sites for hydroxylation is 1. The number of benzene rings is 1. The first-order valence-corrected chi connectivity index (χ1v) is 10.8. The normalized spacial score (nSPS) is 38.1. The van der Waals surface area contributed by atoms with Crippen LogP contribution in [-0.2, 0) is 16.1 Å². The molecule has 4 nitrogen and oxygen atoms in total. The quantitative estimate of drug-likeness (QED) is 0.888. The molecule has 1 atom stereocenters. The first-order chi connectivity index (χ1) is 13.1. The average Bonchev–Trinajstić information content (AvgIpc) is 2.64. The minimum Gasteiger partial charge on any atom is -0.366 e. The van der Waals surface area contributed by atoms with E-state index in [1.165, 1.54) is 43.2 Å². The van der Waals surface area contributed by atoms with Gasteiger partial charge in [-0.05, 0) is 68.3 Å². The molecule has 4 saturated carbocycles. The summed E-state index contributed by atoms with van der Waals surface area (Å²) in [5, 5.41) is 3.43. The number of nitrogens with one attached hydrogen (secondary N) is 1. The monoisotopic (exact) mass is 368 g/mol. The molecule has 5 fully saturated rings. The Morgan fingerprint density at radius 2 is 1.89 bits per heavy atom. The molecule has 146 valence electrons. The van der Waals surface area contributed by atoms with Crippen molar-refractivity contribution < 1.29 is 9.53 Å². The fraction of sp³-hybridized carbons (Fsp3) is 0.696. The molecule has 4 bridgehead atoms. The number of nitrogens with zero attached hydrogens (tertiary/aromatic N) is 1. The van der Waals surface area contributed by atoms with Crippen LogP contribution in [0.2, 0.25) is 0 Å². The van der Waals surface area contributed by atoms with Crippen molar-refractivity contribution in [1.29, 1.82) is 0 Å². The van der Waals surface area contributed by atoms with Crippen molar-refractivity contribution in [2.75, 3.05) is 19.7 Å². The first-order valence-electron chi connectivity index (χ1n) is 10.8. The lowest BCUT2D eigenvalue weighted by Gasteiger charge is -2.54. The molecule has 4 heteroatoms. The summed E-state index contributed by atoms with van der Waals surface area (Å²) >= 11 is 0. The number of carbonyl (C=O) groups excluding carboxylic acids is 1. The van der Waals surface area contributed by atoms with Gasteiger partial charge < -0.3 is 10.1 Å². The van der Waals surface area contributed by atoms with Gasteiger partial charge in [0.15, 0.2) is 0 Å². The molecule has 27 heavy (non-hydrogen) atoms. The molecule has 1 amide bonds. The summed E-state index contributed by atoms with van der Waals surface area (Å²) in [5.74, 6) is 3.45. The zero-order chi connectivity index (χ0) is 18.4. The number of hydrogen-bond acceptors (Lipinski definition) is 3. The van der Waals surface area contributed by atoms with Gasteiger partial charge in [0.25, 0.3) is 5.91 Å². The molecule has 1 heterocycles. The van der Waals surface area contributed by atoms with Gasteiger partial charge in [-0.2, -0.15) is 0 Å². The number of hydrogen-bond donors (Lipinski definition) is 1. The lowest BCUT2D eigenvalue weighted by atomic mass is 9.54. The van der Waals surface area contributed by atoms with Crippen molar-refractivity contribution in [3.8, 4) is 0 Å². The van der Waals surface area contributed by atoms with E-state index in [9.17, 15) is 4.79 Å². The second kappa shape index (κ2) is 7.21. The van der Waals surface area contributed by atoms with Gasteiger partial charge in [0.05, 0.1) is 6.61 Å². The van der Waals surface area contributed by atoms with Crippen LogP contribution in [0, 0.1) is 30.6 Å². The molecule has 1 N–H and O–H groups in total. The number of morpholine rings is 1. The van der Waals surface area contributed by atoms with Crippen molar-refractivity contribution >= 4 is 5.91 Å². The molecule has 0 aromatic heterocycles. The molecule has 6 rings (SSSR count). The topological polar surface area (TPSA) is 41.6 Å². The van der Waals surface area contributed by atoms with Gasteiger partial charge in [0, 0.05) is 25.7 Å². The summed E-state index contributed by atoms with van der Waals surface area (Å²) in [6.45, 7) is 5.27. The molecule has 0 spiro atoms. The molecule has 0 radical (unpaired) electrons. The summed E-state index contributed by atoms with van der Waals surface area (Å²) < 4.78 is 5.87. The van der Waals surface area contributed by atoms with E-state index in [2.05, 4.69) is 41.4 Å². The summed E-state index contributed by atoms with van der Waals surface area (Å²) in [4.78, 5) is 15.3. The third-order valence-electron chi connectivity index (χ3n) is 7.47. The Morgan fingerprint density at radius 1 is 1.15 bits per heavy atom. The SMILES string of the molecule is Cc1cccc(CN2CCOC(C(=O)NC3C4CC5CC(C4)CC3C5)C2)c1. The van der Waals surface area contributed by atoms with Crippen LogP contribution < -0.4 is 5.32 Å². The number of amides is 1. The summed E-state index contributed by atoms with van der Waals surface area (Å²) in [6, 6.07) is 9.05. The lowest BCUT2D eigenvalue weighted by molar-refractivity contribution is -0.142. The molecular weight excluding hydrogens is 336 g/mol. The van der Waals surface area contributed by atoms with Gasteiger partial charge >= 0.3 is 0 Å². The molecule has 1 aliphatic heterocycles. The number of ether oxygens (including phenoxy) is 1. The Kier molecular flexibility index (Phi) is 4.73. The highest BCUT2D eigenvalue weighted by molar-refractivity contribution is 5.81. The molecule has 1 unspecified atom stereocenters. The van der Waals surface area contributed by atoms with Crippen LogP contribution in [0.15, 0.2) is 24.3 Å². The zero-order valence-corrected chi connectivity index (χ0v) is 16.4. The third-order valence-corrected chi connectivity index (χ3v) is 7.47. The molecule has 1 aromatic carbocycles. The van der Waals surface area contributed by atoms with E-state index in [4.69, 9.17) is 4.74 Å². The van der Waals surface area contributed by atoms with Crippen molar-refractivity contribution in [1.82, 2.24) is 10.2 Å². The van der Waals surface area contributed by atoms with Crippen LogP contribution in [-0.4, -0.2) is 42.6 Å². The van der Waals surface area contributed by atoms with Crippen LogP contribution >= 0.6 is 0 Å². The highest BCUT2D eigenvalue weighted by Gasteiger charge is 2.49. The largest absolute Gasteiger partial charge is 0.366 e. The Balaban J connectivity index is 1.19. The Morgan fingerprint density at radius 3 is 2.59 bits per heavy atom. The second-order valence-electron chi connectivity index (χ2n) is 9.55. The third kappa shape index (κ3) is 3.66. The number of carbonyl (C=O) groups is 1. The van der Waals surface area contributed by atoms with E-state index in [-0.39, 0.29) is 12.0 Å². The molecule has 1 aromatic rings. The minimum absolute atomic E-state index is 0.126. The second-order valence-corrected chi connectivity index (χ2v) is 9.55. The Bertz CT molecular complexity index is 675. The fourth-order valence-corrected chi connectivity index (χ4v) is 6.49. The van der Waals surface area contributed by atoms with Crippen molar-refractivity contribution in [2.45, 2.75) is 57.7 Å². The average molecular weight is 369 g/mol. The van der Waals surface area contributed by atoms with E-state index in [1.54, 1.807) is 0 Å². The van der Waals surface area contributed by atoms with Gasteiger partial charge in [0.2, 0.25) is 0 Å². The summed E-state index contributed by atoms with van der Waals surface area (Å²) in [5.41, 5.74) is 2.61. The molecule has 5 aliphatic rings. The number of rotatable bonds is 4. The fourth-order valence-electron chi connectivity index (χ4n) is 6.49. The van der Waals surface area contributed by atoms with E-state index < -0.39 is 0 Å². The lowest BCUT2D eigenvalue weighted by Crippen LogP contribution is -2.59. The maximum atomic E-state index is 13.0. The van der Waals surface area contributed by atoms with Gasteiger partial charge in [-0.3, -0.25) is 9.69 Å². The summed E-state index contributed by atoms with van der Waals surface area (Å²) in [6.07, 6.45) is 6.48. The molecular formula is C23H32N2O2. The van der Waals surface area contributed by atoms with Crippen LogP contribution in [0.3, 0.4) is 0 Å². The van der Waals surface area contributed by atoms with E-state index >= 15 is 0 Å². The first kappa shape index (κ1) is 17.7. The van der Waals surface area contributed by atoms with Gasteiger partial charge in [-0.15, -0.1) is 0 Å². The predicted octanol–water partition coefficient (Wildman–Crippen LogP) is 3.14. The molecule has 1 saturated heterocycles. The predicted molar refractivity (Wildman–Crippen MR) is 105 cm³/mol. The summed E-state index contributed by atoms with van der Waals surface area (Å²) in [7, 11) is 0. The van der Waals surface area contributed by atoms with Crippen LogP contribution in [0.1, 0.15) is 43.2 Å². The van der Waals surface area contributed by atoms with E-state index in [0.717, 1.165) is 36.8 Å². The van der Waals surface area contributed by atoms with Crippen LogP contribution in [0.25, 0.3) is 0 Å². The smallest absolute Gasteiger partial charge is 0.250 e. The highest BCUT2D eigenvalue weighted by Crippen LogP contribution is 2.53. The minimum atomic E-state index is -0.319. The highest BCUT2D eigenvalue weighted by atomic mass is 16.5. The van der Waals surface area contributed by atoms with Gasteiger partial charge in [-0.25, -0.2) is 0 Å².